The first kappa shape index (κ1) is 17.2. The molecule has 0 fully saturated rings. The van der Waals surface area contributed by atoms with E-state index >= 15 is 0 Å². The summed E-state index contributed by atoms with van der Waals surface area (Å²) < 4.78 is 10.0. The van der Waals surface area contributed by atoms with Gasteiger partial charge in [-0.2, -0.15) is 5.26 Å². The summed E-state index contributed by atoms with van der Waals surface area (Å²) in [6.45, 7) is 4.40. The van der Waals surface area contributed by atoms with Gasteiger partial charge in [-0.3, -0.25) is 10.1 Å². The lowest BCUT2D eigenvalue weighted by Gasteiger charge is -2.05. The summed E-state index contributed by atoms with van der Waals surface area (Å²) in [7, 11) is 0. The molecular formula is C16H18N2O4. The molecule has 0 spiro atoms. The van der Waals surface area contributed by atoms with Crippen LogP contribution in [0.2, 0.25) is 0 Å². The van der Waals surface area contributed by atoms with E-state index < -0.39 is 12.0 Å². The fourth-order valence-electron chi connectivity index (χ4n) is 1.52. The van der Waals surface area contributed by atoms with Crippen LogP contribution in [0, 0.1) is 11.3 Å². The molecule has 1 aromatic carbocycles. The summed E-state index contributed by atoms with van der Waals surface area (Å²) in [6.07, 6.45) is 1.42. The number of benzene rings is 1. The highest BCUT2D eigenvalue weighted by Crippen LogP contribution is 2.14. The van der Waals surface area contributed by atoms with Crippen molar-refractivity contribution in [3.63, 3.8) is 0 Å². The number of carbonyl (C=O) groups is 2. The zero-order valence-electron chi connectivity index (χ0n) is 12.6. The minimum atomic E-state index is -0.878. The number of alkyl carbamates (subject to hydrolysis) is 1. The lowest BCUT2D eigenvalue weighted by atomic mass is 10.1. The molecule has 6 heteroatoms. The van der Waals surface area contributed by atoms with Gasteiger partial charge in [0.05, 0.1) is 13.2 Å². The van der Waals surface area contributed by atoms with E-state index in [0.29, 0.717) is 17.9 Å². The van der Waals surface area contributed by atoms with Crippen molar-refractivity contribution >= 4 is 18.1 Å². The van der Waals surface area contributed by atoms with Gasteiger partial charge in [0.1, 0.15) is 17.4 Å². The lowest BCUT2D eigenvalue weighted by Crippen LogP contribution is -2.31. The third-order valence-corrected chi connectivity index (χ3v) is 2.52. The van der Waals surface area contributed by atoms with Crippen LogP contribution in [-0.4, -0.2) is 25.2 Å². The van der Waals surface area contributed by atoms with E-state index in [4.69, 9.17) is 10.00 Å². The Morgan fingerprint density at radius 1 is 1.27 bits per heavy atom. The standard InChI is InChI=1S/C16H18N2O4/c1-3-9-22-14-7-5-12(6-8-14)10-13(11-17)15(19)18-16(20)21-4-2/h5-8,10H,3-4,9H2,1-2H3,(H,18,19,20)/b13-10+. The number of hydrogen-bond acceptors (Lipinski definition) is 5. The highest BCUT2D eigenvalue weighted by molar-refractivity contribution is 6.07. The van der Waals surface area contributed by atoms with Gasteiger partial charge in [0.2, 0.25) is 0 Å². The minimum Gasteiger partial charge on any atom is -0.494 e. The SMILES string of the molecule is CCCOc1ccc(/C=C(\C#N)C(=O)NC(=O)OCC)cc1. The van der Waals surface area contributed by atoms with Gasteiger partial charge in [-0.1, -0.05) is 19.1 Å². The maximum Gasteiger partial charge on any atom is 0.414 e. The smallest absolute Gasteiger partial charge is 0.414 e. The molecule has 0 bridgehead atoms. The molecule has 0 heterocycles. The number of nitrogens with one attached hydrogen (secondary N) is 1. The number of nitriles is 1. The Morgan fingerprint density at radius 2 is 1.95 bits per heavy atom. The molecule has 2 amide bonds. The Labute approximate surface area is 129 Å². The molecule has 0 aromatic heterocycles. The van der Waals surface area contributed by atoms with E-state index in [9.17, 15) is 9.59 Å². The van der Waals surface area contributed by atoms with Gasteiger partial charge in [0.25, 0.3) is 5.91 Å². The van der Waals surface area contributed by atoms with Crippen molar-refractivity contribution in [3.8, 4) is 11.8 Å². The van der Waals surface area contributed by atoms with Gasteiger partial charge in [-0.25, -0.2) is 4.79 Å². The average molecular weight is 302 g/mol. The Hall–Kier alpha value is -2.81. The molecular weight excluding hydrogens is 284 g/mol. The Balaban J connectivity index is 2.77. The fourth-order valence-corrected chi connectivity index (χ4v) is 1.52. The van der Waals surface area contributed by atoms with Crippen LogP contribution in [0.4, 0.5) is 4.79 Å². The zero-order chi connectivity index (χ0) is 16.4. The van der Waals surface area contributed by atoms with Gasteiger partial charge >= 0.3 is 6.09 Å². The van der Waals surface area contributed by atoms with Crippen LogP contribution in [0.3, 0.4) is 0 Å². The predicted molar refractivity (Wildman–Crippen MR) is 81.0 cm³/mol. The van der Waals surface area contributed by atoms with Crippen LogP contribution in [0.5, 0.6) is 5.75 Å². The number of rotatable bonds is 6. The normalized spacial score (nSPS) is 10.5. The van der Waals surface area contributed by atoms with E-state index in [1.54, 1.807) is 37.3 Å². The van der Waals surface area contributed by atoms with Crippen LogP contribution in [0.15, 0.2) is 29.8 Å². The summed E-state index contributed by atoms with van der Waals surface area (Å²) in [6, 6.07) is 8.70. The fraction of sp³-hybridized carbons (Fsp3) is 0.312. The second-order valence-electron chi connectivity index (χ2n) is 4.26. The second kappa shape index (κ2) is 9.19. The quantitative estimate of drug-likeness (QED) is 0.644. The minimum absolute atomic E-state index is 0.143. The summed E-state index contributed by atoms with van der Waals surface area (Å²) >= 11 is 0. The van der Waals surface area contributed by atoms with E-state index in [1.165, 1.54) is 6.08 Å². The van der Waals surface area contributed by atoms with Crippen molar-refractivity contribution in [2.75, 3.05) is 13.2 Å². The van der Waals surface area contributed by atoms with Crippen LogP contribution in [0.25, 0.3) is 6.08 Å². The number of hydrogen-bond donors (Lipinski definition) is 1. The van der Waals surface area contributed by atoms with Crippen LogP contribution in [-0.2, 0) is 9.53 Å². The summed E-state index contributed by atoms with van der Waals surface area (Å²) in [4.78, 5) is 22.9. The van der Waals surface area contributed by atoms with Crippen LogP contribution >= 0.6 is 0 Å². The molecule has 6 nitrogen and oxygen atoms in total. The molecule has 0 unspecified atom stereocenters. The number of amides is 2. The first-order valence-corrected chi connectivity index (χ1v) is 6.93. The van der Waals surface area contributed by atoms with Crippen LogP contribution in [0.1, 0.15) is 25.8 Å². The van der Waals surface area contributed by atoms with Crippen molar-refractivity contribution in [3.05, 3.63) is 35.4 Å². The molecule has 1 aromatic rings. The predicted octanol–water partition coefficient (Wildman–Crippen LogP) is 2.66. The maximum absolute atomic E-state index is 11.7. The van der Waals surface area contributed by atoms with Gasteiger partial charge in [0, 0.05) is 0 Å². The first-order valence-electron chi connectivity index (χ1n) is 6.93. The van der Waals surface area contributed by atoms with Gasteiger partial charge in [0.15, 0.2) is 0 Å². The molecule has 0 aliphatic carbocycles. The number of imide groups is 1. The number of carbonyl (C=O) groups excluding carboxylic acids is 2. The molecule has 116 valence electrons. The van der Waals surface area contributed by atoms with Crippen molar-refractivity contribution in [2.45, 2.75) is 20.3 Å². The molecule has 0 radical (unpaired) electrons. The van der Waals surface area contributed by atoms with Crippen molar-refractivity contribution in [1.82, 2.24) is 5.32 Å². The molecule has 0 saturated carbocycles. The molecule has 1 N–H and O–H groups in total. The highest BCUT2D eigenvalue weighted by atomic mass is 16.5. The summed E-state index contributed by atoms with van der Waals surface area (Å²) in [5.41, 5.74) is 0.467. The van der Waals surface area contributed by atoms with E-state index in [0.717, 1.165) is 6.42 Å². The molecule has 0 atom stereocenters. The molecule has 22 heavy (non-hydrogen) atoms. The van der Waals surface area contributed by atoms with Crippen molar-refractivity contribution in [2.24, 2.45) is 0 Å². The Morgan fingerprint density at radius 3 is 2.50 bits per heavy atom. The van der Waals surface area contributed by atoms with Gasteiger partial charge in [-0.05, 0) is 37.1 Å². The number of ether oxygens (including phenoxy) is 2. The van der Waals surface area contributed by atoms with Crippen molar-refractivity contribution in [1.29, 1.82) is 5.26 Å². The lowest BCUT2D eigenvalue weighted by molar-refractivity contribution is -0.116. The average Bonchev–Trinajstić information content (AvgIpc) is 2.51. The second-order valence-corrected chi connectivity index (χ2v) is 4.26. The Kier molecular flexibility index (Phi) is 7.20. The molecule has 0 saturated heterocycles. The van der Waals surface area contributed by atoms with Gasteiger partial charge < -0.3 is 9.47 Å². The van der Waals surface area contributed by atoms with E-state index in [2.05, 4.69) is 4.74 Å². The maximum atomic E-state index is 11.7. The molecule has 0 aliphatic rings. The van der Waals surface area contributed by atoms with Gasteiger partial charge in [-0.15, -0.1) is 0 Å². The monoisotopic (exact) mass is 302 g/mol. The van der Waals surface area contributed by atoms with E-state index in [1.807, 2.05) is 12.2 Å². The van der Waals surface area contributed by atoms with Crippen LogP contribution < -0.4 is 10.1 Å². The van der Waals surface area contributed by atoms with Crippen molar-refractivity contribution < 1.29 is 19.1 Å². The first-order chi connectivity index (χ1) is 10.6. The topological polar surface area (TPSA) is 88.4 Å². The largest absolute Gasteiger partial charge is 0.494 e. The highest BCUT2D eigenvalue weighted by Gasteiger charge is 2.13. The number of nitrogens with zero attached hydrogens (tertiary/aromatic N) is 1. The molecule has 1 rings (SSSR count). The third-order valence-electron chi connectivity index (χ3n) is 2.52. The molecule has 0 aliphatic heterocycles. The third kappa shape index (κ3) is 5.67. The Bertz CT molecular complexity index is 585. The summed E-state index contributed by atoms with van der Waals surface area (Å²) in [5, 5.41) is 11.0. The van der Waals surface area contributed by atoms with E-state index in [-0.39, 0.29) is 12.2 Å². The summed E-state index contributed by atoms with van der Waals surface area (Å²) in [5.74, 6) is -0.0826. The zero-order valence-corrected chi connectivity index (χ0v) is 12.6.